The van der Waals surface area contributed by atoms with Gasteiger partial charge in [-0.15, -0.1) is 0 Å². The molecule has 0 saturated heterocycles. The normalized spacial score (nSPS) is 14.0. The molecule has 1 fully saturated rings. The van der Waals surface area contributed by atoms with Crippen LogP contribution in [0.25, 0.3) is 0 Å². The van der Waals surface area contributed by atoms with Gasteiger partial charge in [-0.2, -0.15) is 11.8 Å². The number of nitrogens with zero attached hydrogens (tertiary/aromatic N) is 1. The summed E-state index contributed by atoms with van der Waals surface area (Å²) in [4.78, 5) is 11.9. The second kappa shape index (κ2) is 6.96. The van der Waals surface area contributed by atoms with Gasteiger partial charge in [0.2, 0.25) is 0 Å². The minimum Gasteiger partial charge on any atom is -0.360 e. The van der Waals surface area contributed by atoms with E-state index in [1.807, 2.05) is 6.07 Å². The number of thioether (sulfide) groups is 1. The van der Waals surface area contributed by atoms with Crippen molar-refractivity contribution in [1.82, 2.24) is 10.5 Å². The molecule has 1 aliphatic carbocycles. The zero-order valence-electron chi connectivity index (χ0n) is 12.0. The highest BCUT2D eigenvalue weighted by molar-refractivity contribution is 7.98. The van der Waals surface area contributed by atoms with Gasteiger partial charge in [0.05, 0.1) is 0 Å². The molecular formula is C16H17FN2O2S. The van der Waals surface area contributed by atoms with Crippen molar-refractivity contribution in [3.8, 4) is 0 Å². The Morgan fingerprint density at radius 2 is 2.23 bits per heavy atom. The average molecular weight is 320 g/mol. The maximum Gasteiger partial charge on any atom is 0.273 e. The van der Waals surface area contributed by atoms with E-state index in [4.69, 9.17) is 4.52 Å². The molecule has 1 aromatic carbocycles. The summed E-state index contributed by atoms with van der Waals surface area (Å²) < 4.78 is 18.6. The first-order valence-electron chi connectivity index (χ1n) is 7.30. The van der Waals surface area contributed by atoms with Gasteiger partial charge >= 0.3 is 0 Å². The van der Waals surface area contributed by atoms with Gasteiger partial charge in [-0.05, 0) is 24.5 Å². The van der Waals surface area contributed by atoms with Crippen LogP contribution in [0.15, 0.2) is 34.9 Å². The lowest BCUT2D eigenvalue weighted by Gasteiger charge is -2.04. The fourth-order valence-electron chi connectivity index (χ4n) is 2.08. The number of carbonyl (C=O) groups is 1. The molecule has 0 unspecified atom stereocenters. The summed E-state index contributed by atoms with van der Waals surface area (Å²) in [7, 11) is 0. The summed E-state index contributed by atoms with van der Waals surface area (Å²) in [5.74, 6) is 2.16. The molecule has 0 atom stereocenters. The first-order chi connectivity index (χ1) is 10.7. The second-order valence-electron chi connectivity index (χ2n) is 5.29. The Kier molecular flexibility index (Phi) is 4.77. The van der Waals surface area contributed by atoms with Crippen molar-refractivity contribution >= 4 is 17.7 Å². The highest BCUT2D eigenvalue weighted by Crippen LogP contribution is 2.40. The van der Waals surface area contributed by atoms with Crippen LogP contribution < -0.4 is 5.32 Å². The number of rotatable bonds is 7. The van der Waals surface area contributed by atoms with E-state index >= 15 is 0 Å². The van der Waals surface area contributed by atoms with Crippen LogP contribution >= 0.6 is 11.8 Å². The van der Waals surface area contributed by atoms with E-state index in [0.717, 1.165) is 18.6 Å². The molecule has 22 heavy (non-hydrogen) atoms. The van der Waals surface area contributed by atoms with E-state index in [9.17, 15) is 9.18 Å². The van der Waals surface area contributed by atoms with E-state index in [1.165, 1.54) is 6.07 Å². The Labute approximate surface area is 132 Å². The molecule has 116 valence electrons. The zero-order chi connectivity index (χ0) is 15.4. The molecule has 1 heterocycles. The fraction of sp³-hybridized carbons (Fsp3) is 0.375. The van der Waals surface area contributed by atoms with Crippen molar-refractivity contribution < 1.29 is 13.7 Å². The summed E-state index contributed by atoms with van der Waals surface area (Å²) in [6.45, 7) is 0.517. The lowest BCUT2D eigenvalue weighted by molar-refractivity contribution is 0.0947. The van der Waals surface area contributed by atoms with Gasteiger partial charge in [0.1, 0.15) is 11.6 Å². The molecule has 1 aromatic heterocycles. The summed E-state index contributed by atoms with van der Waals surface area (Å²) in [6.07, 6.45) is 2.23. The van der Waals surface area contributed by atoms with Crippen LogP contribution in [0.2, 0.25) is 0 Å². The van der Waals surface area contributed by atoms with Crippen LogP contribution in [-0.2, 0) is 5.75 Å². The van der Waals surface area contributed by atoms with Gasteiger partial charge in [-0.3, -0.25) is 4.79 Å². The van der Waals surface area contributed by atoms with Gasteiger partial charge in [0.25, 0.3) is 5.91 Å². The van der Waals surface area contributed by atoms with Crippen molar-refractivity contribution in [2.24, 2.45) is 0 Å². The fourth-order valence-corrected chi connectivity index (χ4v) is 2.93. The van der Waals surface area contributed by atoms with Crippen molar-refractivity contribution in [2.45, 2.75) is 24.5 Å². The van der Waals surface area contributed by atoms with Gasteiger partial charge in [-0.25, -0.2) is 4.39 Å². The lowest BCUT2D eigenvalue weighted by atomic mass is 10.2. The highest BCUT2D eigenvalue weighted by atomic mass is 32.2. The SMILES string of the molecule is O=C(NCCSCc1ccccc1F)c1cc(C2CC2)on1. The standard InChI is InChI=1S/C16H17FN2O2S/c17-13-4-2-1-3-12(13)10-22-8-7-18-16(20)14-9-15(21-19-14)11-5-6-11/h1-4,9,11H,5-8,10H2,(H,18,20). The molecule has 1 saturated carbocycles. The quantitative estimate of drug-likeness (QED) is 0.795. The van der Waals surface area contributed by atoms with Crippen LogP contribution in [0.4, 0.5) is 4.39 Å². The monoisotopic (exact) mass is 320 g/mol. The van der Waals surface area contributed by atoms with Crippen LogP contribution in [0.3, 0.4) is 0 Å². The Morgan fingerprint density at radius 3 is 3.00 bits per heavy atom. The van der Waals surface area contributed by atoms with Crippen LogP contribution in [-0.4, -0.2) is 23.4 Å². The summed E-state index contributed by atoms with van der Waals surface area (Å²) in [6, 6.07) is 8.45. The number of halogens is 1. The maximum atomic E-state index is 13.4. The average Bonchev–Trinajstić information content (AvgIpc) is 3.26. The zero-order valence-corrected chi connectivity index (χ0v) is 12.9. The van der Waals surface area contributed by atoms with Crippen molar-refractivity contribution in [2.75, 3.05) is 12.3 Å². The Morgan fingerprint density at radius 1 is 1.41 bits per heavy atom. The summed E-state index contributed by atoms with van der Waals surface area (Å²) in [5.41, 5.74) is 1.02. The minimum absolute atomic E-state index is 0.186. The summed E-state index contributed by atoms with van der Waals surface area (Å²) >= 11 is 1.58. The number of benzene rings is 1. The maximum absolute atomic E-state index is 13.4. The Hall–Kier alpha value is -1.82. The van der Waals surface area contributed by atoms with Gasteiger partial charge in [-0.1, -0.05) is 23.4 Å². The topological polar surface area (TPSA) is 55.1 Å². The van der Waals surface area contributed by atoms with Crippen molar-refractivity contribution in [1.29, 1.82) is 0 Å². The third kappa shape index (κ3) is 3.88. The summed E-state index contributed by atoms with van der Waals surface area (Å²) in [5, 5.41) is 6.59. The van der Waals surface area contributed by atoms with Gasteiger partial charge < -0.3 is 9.84 Å². The predicted molar refractivity (Wildman–Crippen MR) is 83.4 cm³/mol. The molecule has 6 heteroatoms. The molecule has 4 nitrogen and oxygen atoms in total. The molecule has 0 radical (unpaired) electrons. The number of aromatic nitrogens is 1. The minimum atomic E-state index is -0.220. The van der Waals surface area contributed by atoms with Gasteiger partial charge in [0.15, 0.2) is 5.69 Å². The smallest absolute Gasteiger partial charge is 0.273 e. The van der Waals surface area contributed by atoms with Crippen molar-refractivity contribution in [3.63, 3.8) is 0 Å². The number of carbonyl (C=O) groups excluding carboxylic acids is 1. The van der Waals surface area contributed by atoms with Gasteiger partial charge in [0, 0.05) is 30.0 Å². The van der Waals surface area contributed by atoms with E-state index in [2.05, 4.69) is 10.5 Å². The molecule has 1 N–H and O–H groups in total. The Balaban J connectivity index is 1.37. The third-order valence-corrected chi connectivity index (χ3v) is 4.50. The molecular weight excluding hydrogens is 303 g/mol. The highest BCUT2D eigenvalue weighted by Gasteiger charge is 2.28. The largest absolute Gasteiger partial charge is 0.360 e. The lowest BCUT2D eigenvalue weighted by Crippen LogP contribution is -2.26. The number of amides is 1. The molecule has 1 amide bonds. The first-order valence-corrected chi connectivity index (χ1v) is 8.45. The van der Waals surface area contributed by atoms with E-state index in [0.29, 0.717) is 35.2 Å². The van der Waals surface area contributed by atoms with E-state index < -0.39 is 0 Å². The van der Waals surface area contributed by atoms with Crippen molar-refractivity contribution in [3.05, 3.63) is 53.2 Å². The Bertz CT molecular complexity index is 655. The third-order valence-electron chi connectivity index (χ3n) is 3.49. The number of nitrogens with one attached hydrogen (secondary N) is 1. The van der Waals surface area contributed by atoms with E-state index in [1.54, 1.807) is 30.0 Å². The molecule has 0 aliphatic heterocycles. The molecule has 0 spiro atoms. The second-order valence-corrected chi connectivity index (χ2v) is 6.39. The molecule has 1 aliphatic rings. The van der Waals surface area contributed by atoms with Crippen LogP contribution in [0.5, 0.6) is 0 Å². The predicted octanol–water partition coefficient (Wildman–Crippen LogP) is 3.35. The molecule has 3 rings (SSSR count). The number of hydrogen-bond acceptors (Lipinski definition) is 4. The van der Waals surface area contributed by atoms with Crippen LogP contribution in [0.1, 0.15) is 40.6 Å². The first kappa shape index (κ1) is 15.1. The molecule has 0 bridgehead atoms. The van der Waals surface area contributed by atoms with Crippen LogP contribution in [0, 0.1) is 5.82 Å². The number of hydrogen-bond donors (Lipinski definition) is 1. The molecule has 2 aromatic rings. The van der Waals surface area contributed by atoms with E-state index in [-0.39, 0.29) is 11.7 Å².